The molecule has 3 rings (SSSR count). The zero-order chi connectivity index (χ0) is 14.2. The van der Waals surface area contributed by atoms with Crippen molar-refractivity contribution in [3.8, 4) is 11.5 Å². The number of fused-ring (bicyclic) bond motifs is 1. The van der Waals surface area contributed by atoms with E-state index in [1.54, 1.807) is 0 Å². The van der Waals surface area contributed by atoms with Gasteiger partial charge in [0.25, 0.3) is 0 Å². The van der Waals surface area contributed by atoms with E-state index in [1.807, 2.05) is 12.1 Å². The maximum Gasteiger partial charge on any atom is 0.128 e. The predicted molar refractivity (Wildman–Crippen MR) is 80.1 cm³/mol. The quantitative estimate of drug-likeness (QED) is 0.912. The van der Waals surface area contributed by atoms with Gasteiger partial charge in [0.1, 0.15) is 17.1 Å². The van der Waals surface area contributed by atoms with Gasteiger partial charge in [-0.05, 0) is 37.7 Å². The molecule has 0 aromatic heterocycles. The van der Waals surface area contributed by atoms with Gasteiger partial charge in [0.05, 0.1) is 6.61 Å². The van der Waals surface area contributed by atoms with Crippen molar-refractivity contribution in [2.24, 2.45) is 11.7 Å². The minimum absolute atomic E-state index is 0.0108. The fourth-order valence-electron chi connectivity index (χ4n) is 3.37. The summed E-state index contributed by atoms with van der Waals surface area (Å²) in [4.78, 5) is 0. The predicted octanol–water partition coefficient (Wildman–Crippen LogP) is 3.82. The third kappa shape index (κ3) is 2.64. The smallest absolute Gasteiger partial charge is 0.128 e. The first-order valence-corrected chi connectivity index (χ1v) is 7.79. The van der Waals surface area contributed by atoms with Gasteiger partial charge in [-0.25, -0.2) is 0 Å². The fraction of sp³-hybridized carbons (Fsp3) is 0.647. The third-order valence-corrected chi connectivity index (χ3v) is 4.40. The number of hydrogen-bond acceptors (Lipinski definition) is 3. The van der Waals surface area contributed by atoms with E-state index in [-0.39, 0.29) is 11.6 Å². The Morgan fingerprint density at radius 1 is 1.35 bits per heavy atom. The summed E-state index contributed by atoms with van der Waals surface area (Å²) in [5.74, 6) is 2.35. The molecule has 110 valence electrons. The molecule has 0 bridgehead atoms. The Morgan fingerprint density at radius 2 is 2.10 bits per heavy atom. The van der Waals surface area contributed by atoms with E-state index in [0.29, 0.717) is 5.92 Å². The number of benzene rings is 1. The molecule has 2 N–H and O–H groups in total. The molecule has 0 radical (unpaired) electrons. The molecule has 1 aromatic carbocycles. The highest BCUT2D eigenvalue weighted by Crippen LogP contribution is 2.47. The molecule has 1 heterocycles. The lowest BCUT2D eigenvalue weighted by Gasteiger charge is -2.38. The van der Waals surface area contributed by atoms with Gasteiger partial charge >= 0.3 is 0 Å². The number of rotatable bonds is 3. The van der Waals surface area contributed by atoms with Crippen molar-refractivity contribution in [3.63, 3.8) is 0 Å². The molecule has 0 amide bonds. The maximum atomic E-state index is 6.35. The van der Waals surface area contributed by atoms with Crippen LogP contribution < -0.4 is 15.2 Å². The first-order chi connectivity index (χ1) is 9.58. The molecule has 2 aliphatic rings. The minimum atomic E-state index is -0.0108. The van der Waals surface area contributed by atoms with Crippen molar-refractivity contribution >= 4 is 0 Å². The van der Waals surface area contributed by atoms with Crippen molar-refractivity contribution in [2.45, 2.75) is 57.6 Å². The summed E-state index contributed by atoms with van der Waals surface area (Å²) in [6.07, 6.45) is 5.73. The Morgan fingerprint density at radius 3 is 2.80 bits per heavy atom. The summed E-state index contributed by atoms with van der Waals surface area (Å²) in [6, 6.07) is 6.20. The molecule has 1 aliphatic carbocycles. The van der Waals surface area contributed by atoms with Gasteiger partial charge in [0.15, 0.2) is 0 Å². The van der Waals surface area contributed by atoms with Gasteiger partial charge in [-0.2, -0.15) is 0 Å². The van der Waals surface area contributed by atoms with Crippen LogP contribution in [-0.2, 0) is 0 Å². The zero-order valence-corrected chi connectivity index (χ0v) is 12.5. The molecule has 1 saturated carbocycles. The normalized spacial score (nSPS) is 23.7. The van der Waals surface area contributed by atoms with Crippen LogP contribution in [0, 0.1) is 5.92 Å². The van der Waals surface area contributed by atoms with E-state index in [1.165, 1.54) is 12.8 Å². The Kier molecular flexibility index (Phi) is 3.63. The van der Waals surface area contributed by atoms with Gasteiger partial charge in [0.2, 0.25) is 0 Å². The van der Waals surface area contributed by atoms with Crippen molar-refractivity contribution in [1.82, 2.24) is 0 Å². The van der Waals surface area contributed by atoms with Crippen LogP contribution in [0.5, 0.6) is 11.5 Å². The average molecular weight is 275 g/mol. The Balaban J connectivity index is 1.82. The summed E-state index contributed by atoms with van der Waals surface area (Å²) in [5, 5.41) is 0. The molecular weight excluding hydrogens is 250 g/mol. The summed E-state index contributed by atoms with van der Waals surface area (Å²) >= 11 is 0. The summed E-state index contributed by atoms with van der Waals surface area (Å²) in [7, 11) is 0. The molecular formula is C17H25NO2. The van der Waals surface area contributed by atoms with E-state index in [2.05, 4.69) is 19.9 Å². The first kappa shape index (κ1) is 13.7. The molecule has 20 heavy (non-hydrogen) atoms. The second-order valence-corrected chi connectivity index (χ2v) is 6.71. The van der Waals surface area contributed by atoms with E-state index in [9.17, 15) is 0 Å². The lowest BCUT2D eigenvalue weighted by molar-refractivity contribution is 0.0422. The summed E-state index contributed by atoms with van der Waals surface area (Å²) in [5.41, 5.74) is 7.47. The van der Waals surface area contributed by atoms with Crippen LogP contribution in [0.1, 0.15) is 57.6 Å². The third-order valence-electron chi connectivity index (χ3n) is 4.40. The number of nitrogens with two attached hydrogens (primary N) is 1. The van der Waals surface area contributed by atoms with Crippen LogP contribution in [0.15, 0.2) is 18.2 Å². The van der Waals surface area contributed by atoms with Gasteiger partial charge in [0, 0.05) is 24.1 Å². The first-order valence-electron chi connectivity index (χ1n) is 7.79. The summed E-state index contributed by atoms with van der Waals surface area (Å²) in [6.45, 7) is 5.03. The van der Waals surface area contributed by atoms with Crippen LogP contribution in [-0.4, -0.2) is 12.2 Å². The fourth-order valence-corrected chi connectivity index (χ4v) is 3.37. The average Bonchev–Trinajstić information content (AvgIpc) is 2.83. The molecule has 1 aromatic rings. The van der Waals surface area contributed by atoms with Crippen molar-refractivity contribution in [2.75, 3.05) is 6.61 Å². The Labute approximate surface area is 121 Å². The molecule has 1 fully saturated rings. The number of ether oxygens (including phenoxy) is 2. The maximum absolute atomic E-state index is 6.35. The Bertz CT molecular complexity index is 478. The molecule has 1 spiro atoms. The lowest BCUT2D eigenvalue weighted by atomic mass is 9.86. The monoisotopic (exact) mass is 275 g/mol. The van der Waals surface area contributed by atoms with Crippen LogP contribution in [0.2, 0.25) is 0 Å². The molecule has 1 aliphatic heterocycles. The van der Waals surface area contributed by atoms with Gasteiger partial charge < -0.3 is 15.2 Å². The van der Waals surface area contributed by atoms with Gasteiger partial charge in [-0.1, -0.05) is 19.9 Å². The van der Waals surface area contributed by atoms with E-state index >= 15 is 0 Å². The highest BCUT2D eigenvalue weighted by molar-refractivity contribution is 5.44. The molecule has 3 nitrogen and oxygen atoms in total. The van der Waals surface area contributed by atoms with Crippen molar-refractivity contribution < 1.29 is 9.47 Å². The number of hydrogen-bond donors (Lipinski definition) is 1. The minimum Gasteiger partial charge on any atom is -0.493 e. The lowest BCUT2D eigenvalue weighted by Crippen LogP contribution is -2.40. The summed E-state index contributed by atoms with van der Waals surface area (Å²) < 4.78 is 12.1. The highest BCUT2D eigenvalue weighted by Gasteiger charge is 2.42. The van der Waals surface area contributed by atoms with Crippen LogP contribution in [0.4, 0.5) is 0 Å². The van der Waals surface area contributed by atoms with E-state index in [0.717, 1.165) is 42.9 Å². The molecule has 3 heteroatoms. The van der Waals surface area contributed by atoms with Crippen LogP contribution in [0.3, 0.4) is 0 Å². The van der Waals surface area contributed by atoms with E-state index in [4.69, 9.17) is 15.2 Å². The van der Waals surface area contributed by atoms with Crippen molar-refractivity contribution in [1.29, 1.82) is 0 Å². The topological polar surface area (TPSA) is 44.5 Å². The Hall–Kier alpha value is -1.22. The van der Waals surface area contributed by atoms with E-state index < -0.39 is 0 Å². The van der Waals surface area contributed by atoms with Crippen LogP contribution >= 0.6 is 0 Å². The van der Waals surface area contributed by atoms with Crippen LogP contribution in [0.25, 0.3) is 0 Å². The largest absolute Gasteiger partial charge is 0.493 e. The standard InChI is InChI=1S/C17H25NO2/c1-12(2)11-19-13-5-6-14-15(18)10-17(7-3-4-8-17)20-16(14)9-13/h5-6,9,12,15H,3-4,7-8,10-11,18H2,1-2H3. The van der Waals surface area contributed by atoms with Crippen molar-refractivity contribution in [3.05, 3.63) is 23.8 Å². The molecule has 1 unspecified atom stereocenters. The highest BCUT2D eigenvalue weighted by atomic mass is 16.5. The zero-order valence-electron chi connectivity index (χ0n) is 12.5. The second-order valence-electron chi connectivity index (χ2n) is 6.71. The molecule has 1 atom stereocenters. The second kappa shape index (κ2) is 5.28. The molecule has 0 saturated heterocycles. The van der Waals surface area contributed by atoms with Gasteiger partial charge in [-0.15, -0.1) is 0 Å². The SMILES string of the molecule is CC(C)COc1ccc2c(c1)OC1(CCCC1)CC2N. The van der Waals surface area contributed by atoms with Gasteiger partial charge in [-0.3, -0.25) is 0 Å².